The number of hydrogen-bond acceptors (Lipinski definition) is 8. The van der Waals surface area contributed by atoms with E-state index in [9.17, 15) is 69.6 Å². The Morgan fingerprint density at radius 2 is 1.31 bits per heavy atom. The number of nitriles is 1. The molecular weight excluding hydrogens is 587 g/mol. The monoisotopic (exact) mass is 606 g/mol. The Kier molecular flexibility index (Phi) is 10.3. The molecule has 0 aliphatic rings. The Balaban J connectivity index is 6.56. The van der Waals surface area contributed by atoms with Crippen molar-refractivity contribution in [2.75, 3.05) is 0 Å². The predicted molar refractivity (Wildman–Crippen MR) is 103 cm³/mol. The fourth-order valence-corrected chi connectivity index (χ4v) is 6.91. The van der Waals surface area contributed by atoms with Crippen LogP contribution in [0.25, 0.3) is 0 Å². The van der Waals surface area contributed by atoms with E-state index in [-0.39, 0.29) is 25.3 Å². The normalized spacial score (nSPS) is 16.2. The van der Waals surface area contributed by atoms with E-state index in [1.807, 2.05) is 0 Å². The molecule has 212 valence electrons. The molecule has 0 radical (unpaired) electrons. The number of nitrogens with one attached hydrogen (secondary N) is 1. The Hall–Kier alpha value is -1.82. The van der Waals surface area contributed by atoms with Crippen LogP contribution in [0.15, 0.2) is 0 Å². The van der Waals surface area contributed by atoms with Gasteiger partial charge in [-0.25, -0.2) is 21.6 Å². The third kappa shape index (κ3) is 5.84. The van der Waals surface area contributed by atoms with Gasteiger partial charge in [0.1, 0.15) is 0 Å². The maximum atomic E-state index is 14.2. The first kappa shape index (κ1) is 34.2. The van der Waals surface area contributed by atoms with Gasteiger partial charge >= 0.3 is 32.0 Å². The van der Waals surface area contributed by atoms with Crippen LogP contribution in [-0.4, -0.2) is 57.7 Å². The number of rotatable bonds is 13. The quantitative estimate of drug-likeness (QED) is 0.248. The van der Waals surface area contributed by atoms with Gasteiger partial charge in [0.15, 0.2) is 0 Å². The molecule has 0 bridgehead atoms. The number of sulfonamides is 1. The molecule has 0 aliphatic carbocycles. The maximum Gasteiger partial charge on any atom is 0.499 e. The van der Waals surface area contributed by atoms with Gasteiger partial charge in [0, 0.05) is 5.92 Å². The van der Waals surface area contributed by atoms with Gasteiger partial charge in [-0.05, 0) is 12.8 Å². The lowest BCUT2D eigenvalue weighted by Gasteiger charge is -2.32. The van der Waals surface area contributed by atoms with Gasteiger partial charge in [0.05, 0.1) is 6.07 Å². The highest BCUT2D eigenvalue weighted by molar-refractivity contribution is 8.10. The molecule has 21 heteroatoms. The summed E-state index contributed by atoms with van der Waals surface area (Å²) in [7, 11) is -22.8. The summed E-state index contributed by atoms with van der Waals surface area (Å²) in [6.45, 7) is 2.96. The van der Waals surface area contributed by atoms with Crippen LogP contribution in [0.3, 0.4) is 0 Å². The van der Waals surface area contributed by atoms with Crippen molar-refractivity contribution in [3.05, 3.63) is 0 Å². The Labute approximate surface area is 199 Å². The first-order valence-corrected chi connectivity index (χ1v) is 14.1. The lowest BCUT2D eigenvalue weighted by molar-refractivity contribution is -0.244. The molecular formula is C15H19F9N2O7S3. The zero-order valence-electron chi connectivity index (χ0n) is 18.1. The summed E-state index contributed by atoms with van der Waals surface area (Å²) in [4.78, 5) is 12.0. The third-order valence-corrected chi connectivity index (χ3v) is 10.5. The van der Waals surface area contributed by atoms with Crippen LogP contribution in [0.4, 0.5) is 39.5 Å². The molecule has 9 nitrogen and oxygen atoms in total. The Morgan fingerprint density at radius 1 is 0.833 bits per heavy atom. The standard InChI is InChI=1S/C15H19F9N2O7S3/c1-3-5-6-7-9(4-2)11(27)26-36(32,33)14(20,21)12(16,17)13(18,19)34(28,29)10(8-25)35(30,31)15(22,23)24/h9-10H,3-7H2,1-2H3,(H,26,27). The Morgan fingerprint density at radius 3 is 1.67 bits per heavy atom. The van der Waals surface area contributed by atoms with Gasteiger partial charge in [-0.1, -0.05) is 33.1 Å². The largest absolute Gasteiger partial charge is 0.499 e. The van der Waals surface area contributed by atoms with E-state index in [0.717, 1.165) is 0 Å². The van der Waals surface area contributed by atoms with Gasteiger partial charge in [-0.3, -0.25) is 4.79 Å². The molecule has 0 saturated heterocycles. The second-order valence-corrected chi connectivity index (χ2v) is 13.3. The topological polar surface area (TPSA) is 155 Å². The fourth-order valence-electron chi connectivity index (χ4n) is 2.52. The van der Waals surface area contributed by atoms with E-state index in [1.54, 1.807) is 6.92 Å². The van der Waals surface area contributed by atoms with Crippen molar-refractivity contribution in [3.8, 4) is 6.07 Å². The van der Waals surface area contributed by atoms with Crippen molar-refractivity contribution in [1.82, 2.24) is 4.72 Å². The average molecular weight is 607 g/mol. The zero-order valence-corrected chi connectivity index (χ0v) is 20.6. The van der Waals surface area contributed by atoms with Crippen LogP contribution in [0.2, 0.25) is 0 Å². The van der Waals surface area contributed by atoms with E-state index in [2.05, 4.69) is 0 Å². The highest BCUT2D eigenvalue weighted by Crippen LogP contribution is 2.52. The number of carbonyl (C=O) groups is 1. The molecule has 0 aromatic heterocycles. The van der Waals surface area contributed by atoms with Gasteiger partial charge < -0.3 is 0 Å². The van der Waals surface area contributed by atoms with Crippen LogP contribution in [0, 0.1) is 17.2 Å². The summed E-state index contributed by atoms with van der Waals surface area (Å²) < 4.78 is 187. The molecule has 0 saturated carbocycles. The van der Waals surface area contributed by atoms with Gasteiger partial charge in [-0.15, -0.1) is 0 Å². The second kappa shape index (κ2) is 10.9. The summed E-state index contributed by atoms with van der Waals surface area (Å²) >= 11 is 0. The first-order chi connectivity index (χ1) is 15.8. The van der Waals surface area contributed by atoms with E-state index in [1.165, 1.54) is 6.92 Å². The number of hydrogen-bond donors (Lipinski definition) is 1. The van der Waals surface area contributed by atoms with Crippen molar-refractivity contribution in [3.63, 3.8) is 0 Å². The maximum absolute atomic E-state index is 14.2. The number of alkyl halides is 9. The number of carbonyl (C=O) groups excluding carboxylic acids is 1. The van der Waals surface area contributed by atoms with Crippen LogP contribution in [0.5, 0.6) is 0 Å². The first-order valence-electron chi connectivity index (χ1n) is 9.47. The van der Waals surface area contributed by atoms with Crippen molar-refractivity contribution in [2.45, 2.75) is 72.5 Å². The molecule has 0 fully saturated rings. The minimum absolute atomic E-state index is 0.155. The zero-order chi connectivity index (χ0) is 29.2. The van der Waals surface area contributed by atoms with Crippen LogP contribution >= 0.6 is 0 Å². The molecule has 0 aromatic carbocycles. The SMILES string of the molecule is CCCCCC(CC)C(=O)NS(=O)(=O)C(F)(F)C(F)(F)C(F)(F)S(=O)(=O)C(C#N)S(=O)(=O)C(F)(F)F. The lowest BCUT2D eigenvalue weighted by atomic mass is 9.98. The van der Waals surface area contributed by atoms with Crippen molar-refractivity contribution in [2.24, 2.45) is 5.92 Å². The number of halogens is 9. The number of nitrogens with zero attached hydrogens (tertiary/aromatic N) is 1. The molecule has 2 unspecified atom stereocenters. The number of unbranched alkanes of at least 4 members (excludes halogenated alkanes) is 2. The molecule has 0 heterocycles. The van der Waals surface area contributed by atoms with Crippen molar-refractivity contribution >= 4 is 35.6 Å². The van der Waals surface area contributed by atoms with Crippen LogP contribution < -0.4 is 4.72 Å². The van der Waals surface area contributed by atoms with Crippen molar-refractivity contribution < 1.29 is 69.6 Å². The van der Waals surface area contributed by atoms with E-state index >= 15 is 0 Å². The summed E-state index contributed by atoms with van der Waals surface area (Å²) in [6, 6.07) is -0.337. The summed E-state index contributed by atoms with van der Waals surface area (Å²) in [6.07, 6.45) is 0.885. The third-order valence-electron chi connectivity index (χ3n) is 4.67. The van der Waals surface area contributed by atoms with Crippen molar-refractivity contribution in [1.29, 1.82) is 5.26 Å². The average Bonchev–Trinajstić information content (AvgIpc) is 2.69. The minimum Gasteiger partial charge on any atom is -0.274 e. The highest BCUT2D eigenvalue weighted by atomic mass is 32.3. The van der Waals surface area contributed by atoms with E-state index < -0.39 is 68.0 Å². The molecule has 1 N–H and O–H groups in total. The van der Waals surface area contributed by atoms with Crippen LogP contribution in [0.1, 0.15) is 46.0 Å². The predicted octanol–water partition coefficient (Wildman–Crippen LogP) is 3.06. The van der Waals surface area contributed by atoms with Crippen LogP contribution in [-0.2, 0) is 34.5 Å². The molecule has 2 atom stereocenters. The summed E-state index contributed by atoms with van der Waals surface area (Å²) in [5.41, 5.74) is -6.80. The minimum atomic E-state index is -8.07. The molecule has 36 heavy (non-hydrogen) atoms. The number of sulfone groups is 2. The Bertz CT molecular complexity index is 1180. The second-order valence-electron chi connectivity index (χ2n) is 7.18. The number of amides is 1. The lowest BCUT2D eigenvalue weighted by Crippen LogP contribution is -2.65. The summed E-state index contributed by atoms with van der Waals surface area (Å²) in [5.74, 6) is -10.9. The van der Waals surface area contributed by atoms with Gasteiger partial charge in [-0.2, -0.15) is 53.2 Å². The van der Waals surface area contributed by atoms with Gasteiger partial charge in [0.2, 0.25) is 5.91 Å². The van der Waals surface area contributed by atoms with E-state index in [0.29, 0.717) is 17.6 Å². The summed E-state index contributed by atoms with van der Waals surface area (Å²) in [5, 5.41) is -6.42. The van der Waals surface area contributed by atoms with Gasteiger partial charge in [0.25, 0.3) is 24.3 Å². The fraction of sp³-hybridized carbons (Fsp3) is 0.867. The molecule has 0 spiro atoms. The van der Waals surface area contributed by atoms with E-state index in [4.69, 9.17) is 5.26 Å². The molecule has 0 aliphatic heterocycles. The molecule has 0 rings (SSSR count). The molecule has 0 aromatic rings. The molecule has 1 amide bonds. The smallest absolute Gasteiger partial charge is 0.274 e. The highest BCUT2D eigenvalue weighted by Gasteiger charge is 2.84.